The van der Waals surface area contributed by atoms with Gasteiger partial charge in [0.1, 0.15) is 17.5 Å². The first-order valence-corrected chi connectivity index (χ1v) is 10.3. The lowest BCUT2D eigenvalue weighted by Gasteiger charge is -2.43. The number of nitrogens with one attached hydrogen (secondary N) is 1. The van der Waals surface area contributed by atoms with Gasteiger partial charge in [0.15, 0.2) is 11.5 Å². The molecule has 0 saturated carbocycles. The van der Waals surface area contributed by atoms with Gasteiger partial charge in [-0.05, 0) is 68.8 Å². The molecule has 2 aliphatic rings. The molecule has 0 amide bonds. The molecule has 1 aromatic rings. The van der Waals surface area contributed by atoms with Gasteiger partial charge in [-0.2, -0.15) is 0 Å². The normalized spacial score (nSPS) is 18.3. The van der Waals surface area contributed by atoms with E-state index in [0.29, 0.717) is 52.1 Å². The summed E-state index contributed by atoms with van der Waals surface area (Å²) in [5.74, 6) is 0.634. The summed E-state index contributed by atoms with van der Waals surface area (Å²) >= 11 is 3.63. The van der Waals surface area contributed by atoms with E-state index < -0.39 is 17.2 Å². The molecule has 1 fully saturated rings. The number of ether oxygens (including phenoxy) is 3. The summed E-state index contributed by atoms with van der Waals surface area (Å²) in [7, 11) is 0. The van der Waals surface area contributed by atoms with Gasteiger partial charge in [-0.15, -0.1) is 0 Å². The summed E-state index contributed by atoms with van der Waals surface area (Å²) in [6, 6.07) is 3.37. The first-order chi connectivity index (χ1) is 13.2. The van der Waals surface area contributed by atoms with Crippen LogP contribution in [-0.4, -0.2) is 43.2 Å². The Balaban J connectivity index is 2.21. The third-order valence-corrected chi connectivity index (χ3v) is 5.56. The Labute approximate surface area is 173 Å². The summed E-state index contributed by atoms with van der Waals surface area (Å²) in [5.41, 5.74) is 0.0911. The minimum atomic E-state index is -0.812. The quantitative estimate of drug-likeness (QED) is 0.553. The van der Waals surface area contributed by atoms with Gasteiger partial charge >= 0.3 is 5.97 Å². The van der Waals surface area contributed by atoms with Gasteiger partial charge in [-0.25, -0.2) is 4.79 Å². The maximum Gasteiger partial charge on any atom is 0.339 e. The van der Waals surface area contributed by atoms with Crippen LogP contribution in [0.5, 0.6) is 11.5 Å². The summed E-state index contributed by atoms with van der Waals surface area (Å²) in [4.78, 5) is 24.6. The van der Waals surface area contributed by atoms with Crippen LogP contribution in [0.15, 0.2) is 17.7 Å². The lowest BCUT2D eigenvalue weighted by Crippen LogP contribution is -2.51. The Morgan fingerprint density at radius 1 is 1.32 bits per heavy atom. The Kier molecular flexibility index (Phi) is 5.87. The summed E-state index contributed by atoms with van der Waals surface area (Å²) in [6.07, 6.45) is 2.00. The van der Waals surface area contributed by atoms with Gasteiger partial charge in [0.2, 0.25) is 0 Å². The van der Waals surface area contributed by atoms with E-state index in [0.717, 1.165) is 19.4 Å². The second kappa shape index (κ2) is 7.87. The van der Waals surface area contributed by atoms with Crippen LogP contribution >= 0.6 is 15.9 Å². The number of benzene rings is 1. The standard InChI is InChI=1S/C21H26BrNO5/c1-5-26-15-11-13(12-24)10-14-17(22)16(19(25)28-20(2,3)4)21(27-18(14)15)6-8-23-9-7-21/h10-12,23H,5-9H2,1-4H3. The zero-order valence-electron chi connectivity index (χ0n) is 16.7. The van der Waals surface area contributed by atoms with Gasteiger partial charge in [0, 0.05) is 28.5 Å². The molecular weight excluding hydrogens is 426 g/mol. The topological polar surface area (TPSA) is 73.9 Å². The van der Waals surface area contributed by atoms with Crippen molar-refractivity contribution < 1.29 is 23.8 Å². The molecule has 2 aliphatic heterocycles. The number of fused-ring (bicyclic) bond motifs is 1. The van der Waals surface area contributed by atoms with Crippen LogP contribution in [0.1, 0.15) is 56.5 Å². The highest BCUT2D eigenvalue weighted by molar-refractivity contribution is 9.15. The SMILES string of the molecule is CCOc1cc(C=O)cc2c1OC1(CCNCC1)C(C(=O)OC(C)(C)C)=C2Br. The van der Waals surface area contributed by atoms with Crippen LogP contribution in [-0.2, 0) is 9.53 Å². The van der Waals surface area contributed by atoms with Crippen molar-refractivity contribution >= 4 is 32.7 Å². The maximum atomic E-state index is 13.2. The molecular formula is C21H26BrNO5. The first-order valence-electron chi connectivity index (χ1n) is 9.50. The van der Waals surface area contributed by atoms with Crippen LogP contribution < -0.4 is 14.8 Å². The molecule has 0 unspecified atom stereocenters. The highest BCUT2D eigenvalue weighted by Gasteiger charge is 2.48. The zero-order valence-corrected chi connectivity index (χ0v) is 18.3. The Bertz CT molecular complexity index is 819. The fourth-order valence-electron chi connectivity index (χ4n) is 3.59. The predicted molar refractivity (Wildman–Crippen MR) is 110 cm³/mol. The third kappa shape index (κ3) is 3.96. The van der Waals surface area contributed by atoms with Crippen molar-refractivity contribution in [2.45, 2.75) is 51.7 Å². The second-order valence-corrected chi connectivity index (χ2v) is 8.78. The van der Waals surface area contributed by atoms with E-state index in [-0.39, 0.29) is 0 Å². The van der Waals surface area contributed by atoms with Crippen LogP contribution in [0.4, 0.5) is 0 Å². The number of rotatable bonds is 4. The van der Waals surface area contributed by atoms with E-state index in [1.807, 2.05) is 27.7 Å². The van der Waals surface area contributed by atoms with Crippen molar-refractivity contribution in [2.24, 2.45) is 0 Å². The van der Waals surface area contributed by atoms with Gasteiger partial charge in [0.25, 0.3) is 0 Å². The fraction of sp³-hybridized carbons (Fsp3) is 0.524. The molecule has 2 heterocycles. The van der Waals surface area contributed by atoms with Crippen molar-refractivity contribution in [2.75, 3.05) is 19.7 Å². The number of carbonyl (C=O) groups is 2. The van der Waals surface area contributed by atoms with Crippen molar-refractivity contribution in [1.29, 1.82) is 0 Å². The van der Waals surface area contributed by atoms with E-state index >= 15 is 0 Å². The van der Waals surface area contributed by atoms with E-state index in [1.54, 1.807) is 12.1 Å². The van der Waals surface area contributed by atoms with Gasteiger partial charge in [-0.3, -0.25) is 4.79 Å². The fourth-order valence-corrected chi connectivity index (χ4v) is 4.41. The largest absolute Gasteiger partial charge is 0.490 e. The highest BCUT2D eigenvalue weighted by Crippen LogP contribution is 2.51. The molecule has 0 atom stereocenters. The van der Waals surface area contributed by atoms with Crippen LogP contribution in [0.3, 0.4) is 0 Å². The highest BCUT2D eigenvalue weighted by atomic mass is 79.9. The van der Waals surface area contributed by atoms with Crippen LogP contribution in [0.2, 0.25) is 0 Å². The summed E-state index contributed by atoms with van der Waals surface area (Å²) in [6.45, 7) is 9.26. The molecule has 3 rings (SSSR count). The van der Waals surface area contributed by atoms with Gasteiger partial charge in [0.05, 0.1) is 12.2 Å². The first kappa shape index (κ1) is 20.9. The van der Waals surface area contributed by atoms with E-state index in [1.165, 1.54) is 0 Å². The minimum Gasteiger partial charge on any atom is -0.490 e. The number of aldehydes is 1. The monoisotopic (exact) mass is 451 g/mol. The molecule has 0 aromatic heterocycles. The number of esters is 1. The molecule has 1 aromatic carbocycles. The molecule has 152 valence electrons. The van der Waals surface area contributed by atoms with E-state index in [4.69, 9.17) is 14.2 Å². The molecule has 1 saturated heterocycles. The summed E-state index contributed by atoms with van der Waals surface area (Å²) in [5, 5.41) is 3.31. The molecule has 28 heavy (non-hydrogen) atoms. The lowest BCUT2D eigenvalue weighted by atomic mass is 9.81. The van der Waals surface area contributed by atoms with E-state index in [2.05, 4.69) is 21.2 Å². The molecule has 0 radical (unpaired) electrons. The van der Waals surface area contributed by atoms with Crippen LogP contribution in [0.25, 0.3) is 4.48 Å². The molecule has 0 aliphatic carbocycles. The van der Waals surface area contributed by atoms with Crippen molar-refractivity contribution in [3.05, 3.63) is 28.8 Å². The Hall–Kier alpha value is -1.86. The average molecular weight is 452 g/mol. The number of hydrogen-bond acceptors (Lipinski definition) is 6. The number of carbonyl (C=O) groups excluding carboxylic acids is 2. The van der Waals surface area contributed by atoms with E-state index in [9.17, 15) is 9.59 Å². The maximum absolute atomic E-state index is 13.2. The van der Waals surface area contributed by atoms with Crippen molar-refractivity contribution in [1.82, 2.24) is 5.32 Å². The predicted octanol–water partition coefficient (Wildman–Crippen LogP) is 3.86. The molecule has 1 N–H and O–H groups in total. The van der Waals surface area contributed by atoms with Crippen LogP contribution in [0, 0.1) is 0 Å². The smallest absolute Gasteiger partial charge is 0.339 e. The molecule has 6 nitrogen and oxygen atoms in total. The van der Waals surface area contributed by atoms with Crippen molar-refractivity contribution in [3.8, 4) is 11.5 Å². The number of halogens is 1. The Morgan fingerprint density at radius 2 is 2.00 bits per heavy atom. The second-order valence-electron chi connectivity index (χ2n) is 7.98. The Morgan fingerprint density at radius 3 is 2.57 bits per heavy atom. The number of piperidine rings is 1. The minimum absolute atomic E-state index is 0.415. The number of hydrogen-bond donors (Lipinski definition) is 1. The zero-order chi connectivity index (χ0) is 20.5. The molecule has 7 heteroatoms. The molecule has 0 bridgehead atoms. The van der Waals surface area contributed by atoms with Gasteiger partial charge in [-0.1, -0.05) is 0 Å². The summed E-state index contributed by atoms with van der Waals surface area (Å²) < 4.78 is 18.5. The third-order valence-electron chi connectivity index (χ3n) is 4.74. The van der Waals surface area contributed by atoms with Crippen molar-refractivity contribution in [3.63, 3.8) is 0 Å². The average Bonchev–Trinajstić information content (AvgIpc) is 2.61. The lowest BCUT2D eigenvalue weighted by molar-refractivity contribution is -0.152. The van der Waals surface area contributed by atoms with Gasteiger partial charge < -0.3 is 19.5 Å². The molecule has 1 spiro atoms.